The lowest BCUT2D eigenvalue weighted by atomic mass is 9.98. The molecule has 1 aromatic carbocycles. The van der Waals surface area contributed by atoms with Gasteiger partial charge in [-0.25, -0.2) is 25.6 Å². The Morgan fingerprint density at radius 1 is 1.09 bits per heavy atom. The van der Waals surface area contributed by atoms with Crippen molar-refractivity contribution in [1.29, 1.82) is 0 Å². The second-order valence-electron chi connectivity index (χ2n) is 10.2. The van der Waals surface area contributed by atoms with E-state index in [9.17, 15) is 30.4 Å². The minimum atomic E-state index is -3.92. The fourth-order valence-corrected chi connectivity index (χ4v) is 6.85. The van der Waals surface area contributed by atoms with Crippen molar-refractivity contribution < 1.29 is 30.4 Å². The average Bonchev–Trinajstić information content (AvgIpc) is 2.99. The zero-order chi connectivity index (χ0) is 25.7. The zero-order valence-electron chi connectivity index (χ0n) is 20.1. The molecule has 3 rings (SSSR count). The molecule has 34 heavy (non-hydrogen) atoms. The van der Waals surface area contributed by atoms with E-state index in [1.54, 1.807) is 0 Å². The van der Waals surface area contributed by atoms with Gasteiger partial charge in [0.25, 0.3) is 11.8 Å². The highest BCUT2D eigenvalue weighted by atomic mass is 32.2. The summed E-state index contributed by atoms with van der Waals surface area (Å²) in [6.45, 7) is 5.78. The molecule has 1 amide bonds. The Morgan fingerprint density at radius 3 is 2.12 bits per heavy atom. The fraction of sp³-hybridized carbons (Fsp3) is 0.682. The molecule has 12 heteroatoms. The third-order valence-electron chi connectivity index (χ3n) is 6.57. The minimum Gasteiger partial charge on any atom is -0.349 e. The molecule has 2 atom stereocenters. The maximum absolute atomic E-state index is 14.4. The molecule has 2 saturated heterocycles. The molecule has 2 heterocycles. The first kappa shape index (κ1) is 26.8. The number of hydrogen-bond acceptors (Lipinski definition) is 5. The van der Waals surface area contributed by atoms with E-state index in [2.05, 4.69) is 10.0 Å². The van der Waals surface area contributed by atoms with Gasteiger partial charge in [-0.3, -0.25) is 9.52 Å². The number of rotatable bonds is 7. The van der Waals surface area contributed by atoms with Crippen LogP contribution in [0.2, 0.25) is 0 Å². The van der Waals surface area contributed by atoms with Crippen molar-refractivity contribution in [1.82, 2.24) is 9.62 Å². The molecule has 2 fully saturated rings. The van der Waals surface area contributed by atoms with Gasteiger partial charge in [0.15, 0.2) is 0 Å². The summed E-state index contributed by atoms with van der Waals surface area (Å²) < 4.78 is 81.1. The first-order valence-corrected chi connectivity index (χ1v) is 14.6. The van der Waals surface area contributed by atoms with Crippen molar-refractivity contribution in [2.24, 2.45) is 0 Å². The number of alkyl halides is 2. The molecule has 0 saturated carbocycles. The van der Waals surface area contributed by atoms with Gasteiger partial charge in [0, 0.05) is 30.1 Å². The van der Waals surface area contributed by atoms with Gasteiger partial charge in [-0.1, -0.05) is 13.0 Å². The molecule has 2 unspecified atom stereocenters. The lowest BCUT2D eigenvalue weighted by molar-refractivity contribution is -0.00830. The maximum Gasteiger partial charge on any atom is 0.273 e. The third-order valence-corrected chi connectivity index (χ3v) is 10.0. The van der Waals surface area contributed by atoms with Crippen LogP contribution < -0.4 is 10.0 Å². The monoisotopic (exact) mass is 521 g/mol. The fourth-order valence-electron chi connectivity index (χ4n) is 4.61. The van der Waals surface area contributed by atoms with Crippen LogP contribution in [0.4, 0.5) is 14.5 Å². The van der Waals surface area contributed by atoms with Crippen molar-refractivity contribution >= 4 is 31.6 Å². The summed E-state index contributed by atoms with van der Waals surface area (Å²) in [5, 5.41) is 2.83. The van der Waals surface area contributed by atoms with Crippen LogP contribution in [-0.4, -0.2) is 56.2 Å². The van der Waals surface area contributed by atoms with Gasteiger partial charge in [-0.2, -0.15) is 4.31 Å². The largest absolute Gasteiger partial charge is 0.349 e. The first-order valence-electron chi connectivity index (χ1n) is 11.3. The Morgan fingerprint density at radius 2 is 1.65 bits per heavy atom. The van der Waals surface area contributed by atoms with Crippen LogP contribution in [0.1, 0.15) is 75.7 Å². The predicted molar refractivity (Wildman–Crippen MR) is 127 cm³/mol. The highest BCUT2D eigenvalue weighted by Gasteiger charge is 2.45. The molecule has 2 bridgehead atoms. The van der Waals surface area contributed by atoms with Crippen LogP contribution >= 0.6 is 0 Å². The van der Waals surface area contributed by atoms with Gasteiger partial charge in [-0.05, 0) is 58.6 Å². The van der Waals surface area contributed by atoms with E-state index in [1.807, 2.05) is 0 Å². The number of sulfonamides is 2. The van der Waals surface area contributed by atoms with Crippen LogP contribution in [0.3, 0.4) is 0 Å². The van der Waals surface area contributed by atoms with Crippen LogP contribution in [0.25, 0.3) is 0 Å². The van der Waals surface area contributed by atoms with Crippen molar-refractivity contribution in [3.8, 4) is 0 Å². The molecule has 2 N–H and O–H groups in total. The molecule has 0 spiro atoms. The van der Waals surface area contributed by atoms with Crippen molar-refractivity contribution in [2.45, 2.75) is 88.6 Å². The number of hydrogen-bond donors (Lipinski definition) is 2. The van der Waals surface area contributed by atoms with E-state index >= 15 is 0 Å². The summed E-state index contributed by atoms with van der Waals surface area (Å²) in [6.07, 6.45) is 2.89. The third kappa shape index (κ3) is 5.38. The highest BCUT2D eigenvalue weighted by molar-refractivity contribution is 7.94. The minimum absolute atomic E-state index is 0.0837. The number of anilines is 1. The van der Waals surface area contributed by atoms with E-state index in [4.69, 9.17) is 0 Å². The number of nitrogens with zero attached hydrogens (tertiary/aromatic N) is 1. The summed E-state index contributed by atoms with van der Waals surface area (Å²) in [4.78, 5) is 13.2. The van der Waals surface area contributed by atoms with E-state index in [0.29, 0.717) is 25.7 Å². The number of piperidine rings is 1. The number of nitrogens with one attached hydrogen (secondary N) is 2. The molecule has 0 aliphatic carbocycles. The van der Waals surface area contributed by atoms with Crippen LogP contribution in [-0.2, 0) is 26.0 Å². The van der Waals surface area contributed by atoms with E-state index in [1.165, 1.54) is 44.3 Å². The molecule has 0 radical (unpaired) electrons. The molecule has 1 aromatic rings. The van der Waals surface area contributed by atoms with Crippen molar-refractivity contribution in [2.75, 3.05) is 11.0 Å². The molecular weight excluding hydrogens is 488 g/mol. The Kier molecular flexibility index (Phi) is 7.11. The number of carbonyl (C=O) groups excluding carboxylic acids is 1. The van der Waals surface area contributed by atoms with E-state index in [-0.39, 0.29) is 34.9 Å². The normalized spacial score (nSPS) is 24.1. The van der Waals surface area contributed by atoms with E-state index in [0.717, 1.165) is 12.1 Å². The van der Waals surface area contributed by atoms with Crippen molar-refractivity contribution in [3.63, 3.8) is 0 Å². The Labute approximate surface area is 200 Å². The number of halogens is 2. The Bertz CT molecular complexity index is 1150. The highest BCUT2D eigenvalue weighted by Crippen LogP contribution is 2.38. The lowest BCUT2D eigenvalue weighted by Gasteiger charge is -2.37. The number of amides is 1. The number of fused-ring (bicyclic) bond motifs is 2. The van der Waals surface area contributed by atoms with Crippen LogP contribution in [0, 0.1) is 0 Å². The molecular formula is C22H33F2N3O5S2. The molecule has 192 valence electrons. The summed E-state index contributed by atoms with van der Waals surface area (Å²) in [7, 11) is -7.29. The summed E-state index contributed by atoms with van der Waals surface area (Å²) in [5.41, 5.74) is -0.665. The second kappa shape index (κ2) is 9.02. The average molecular weight is 522 g/mol. The number of carbonyl (C=O) groups is 1. The van der Waals surface area contributed by atoms with Gasteiger partial charge >= 0.3 is 0 Å². The lowest BCUT2D eigenvalue weighted by Crippen LogP contribution is -2.52. The quantitative estimate of drug-likeness (QED) is 0.571. The molecule has 0 aromatic heterocycles. The maximum atomic E-state index is 14.4. The summed E-state index contributed by atoms with van der Waals surface area (Å²) in [6, 6.07) is 2.52. The summed E-state index contributed by atoms with van der Waals surface area (Å²) >= 11 is 0. The van der Waals surface area contributed by atoms with Crippen molar-refractivity contribution in [3.05, 3.63) is 29.3 Å². The molecule has 8 nitrogen and oxygen atoms in total. The van der Waals surface area contributed by atoms with Crippen LogP contribution in [0.15, 0.2) is 18.2 Å². The smallest absolute Gasteiger partial charge is 0.273 e. The topological polar surface area (TPSA) is 113 Å². The second-order valence-corrected chi connectivity index (χ2v) is 14.5. The predicted octanol–water partition coefficient (Wildman–Crippen LogP) is 3.41. The van der Waals surface area contributed by atoms with Gasteiger partial charge in [0.2, 0.25) is 20.0 Å². The van der Waals surface area contributed by atoms with Gasteiger partial charge in [0.1, 0.15) is 0 Å². The van der Waals surface area contributed by atoms with Gasteiger partial charge in [0.05, 0.1) is 22.3 Å². The summed E-state index contributed by atoms with van der Waals surface area (Å²) in [5.74, 6) is -3.87. The first-order chi connectivity index (χ1) is 15.5. The SMILES string of the molecule is CCC(F)(F)c1ccc(NS(=O)(=O)C(C)(C)C)c(C(=O)NC2CC3CCC(C2)N3S(C)(=O)=O)c1. The van der Waals surface area contributed by atoms with Gasteiger partial charge in [-0.15, -0.1) is 0 Å². The number of benzene rings is 1. The van der Waals surface area contributed by atoms with Gasteiger partial charge < -0.3 is 5.32 Å². The Hall–Kier alpha value is -1.79. The Balaban J connectivity index is 1.91. The van der Waals surface area contributed by atoms with Crippen LogP contribution in [0.5, 0.6) is 0 Å². The standard InChI is InChI=1S/C22H33F2N3O5S2/c1-6-22(23,24)14-7-10-19(26-34(31,32)21(2,3)4)18(11-14)20(28)25-15-12-16-8-9-17(13-15)27(16)33(5,29)30/h7,10-11,15-17,26H,6,8-9,12-13H2,1-5H3,(H,25,28). The molecule has 2 aliphatic rings. The zero-order valence-corrected chi connectivity index (χ0v) is 21.7. The molecule has 2 aliphatic heterocycles. The van der Waals surface area contributed by atoms with E-state index < -0.39 is 43.0 Å².